The highest BCUT2D eigenvalue weighted by Gasteiger charge is 2.17. The van der Waals surface area contributed by atoms with Crippen molar-refractivity contribution in [3.63, 3.8) is 0 Å². The first-order valence-corrected chi connectivity index (χ1v) is 8.56. The van der Waals surface area contributed by atoms with Gasteiger partial charge in [-0.25, -0.2) is 0 Å². The van der Waals surface area contributed by atoms with E-state index in [1.54, 1.807) is 38.1 Å². The number of rotatable bonds is 9. The van der Waals surface area contributed by atoms with Gasteiger partial charge in [0, 0.05) is 30.4 Å². The lowest BCUT2D eigenvalue weighted by Crippen LogP contribution is -2.35. The lowest BCUT2D eigenvalue weighted by atomic mass is 10.0. The van der Waals surface area contributed by atoms with E-state index in [-0.39, 0.29) is 23.8 Å². The molecule has 0 bridgehead atoms. The molecule has 0 heterocycles. The summed E-state index contributed by atoms with van der Waals surface area (Å²) in [4.78, 5) is 26.3. The van der Waals surface area contributed by atoms with Crippen molar-refractivity contribution in [3.05, 3.63) is 29.8 Å². The Morgan fingerprint density at radius 2 is 1.71 bits per heavy atom. The number of benzene rings is 1. The number of nitrogens with one attached hydrogen (secondary N) is 2. The van der Waals surface area contributed by atoms with Crippen LogP contribution in [0.25, 0.3) is 0 Å². The minimum Gasteiger partial charge on any atom is -0.351 e. The van der Waals surface area contributed by atoms with Crippen LogP contribution in [0.1, 0.15) is 38.1 Å². The van der Waals surface area contributed by atoms with Gasteiger partial charge in [0.05, 0.1) is 5.92 Å². The summed E-state index contributed by atoms with van der Waals surface area (Å²) in [7, 11) is 0. The summed E-state index contributed by atoms with van der Waals surface area (Å²) in [6.07, 6.45) is 0. The second kappa shape index (κ2) is 10.1. The topological polar surface area (TPSA) is 87.5 Å². The van der Waals surface area contributed by atoms with Crippen LogP contribution in [0.15, 0.2) is 24.3 Å². The van der Waals surface area contributed by atoms with E-state index >= 15 is 0 Å². The van der Waals surface area contributed by atoms with Crippen LogP contribution in [-0.2, 0) is 4.79 Å². The zero-order chi connectivity index (χ0) is 18.1. The molecule has 0 saturated carbocycles. The summed E-state index contributed by atoms with van der Waals surface area (Å²) in [5, 5.41) is 5.71. The average molecular weight is 334 g/mol. The van der Waals surface area contributed by atoms with E-state index in [4.69, 9.17) is 5.73 Å². The molecule has 0 aliphatic carbocycles. The summed E-state index contributed by atoms with van der Waals surface area (Å²) >= 11 is 0. The lowest BCUT2D eigenvalue weighted by Gasteiger charge is -2.18. The van der Waals surface area contributed by atoms with Crippen molar-refractivity contribution >= 4 is 17.5 Å². The number of carbonyl (C=O) groups excluding carboxylic acids is 2. The third kappa shape index (κ3) is 6.29. The lowest BCUT2D eigenvalue weighted by molar-refractivity contribution is -0.119. The van der Waals surface area contributed by atoms with E-state index in [9.17, 15) is 9.59 Å². The normalized spacial score (nSPS) is 13.4. The maximum absolute atomic E-state index is 12.1. The molecule has 6 heteroatoms. The first-order chi connectivity index (χ1) is 11.4. The zero-order valence-electron chi connectivity index (χ0n) is 15.1. The van der Waals surface area contributed by atoms with E-state index in [0.29, 0.717) is 17.8 Å². The van der Waals surface area contributed by atoms with Gasteiger partial charge >= 0.3 is 0 Å². The van der Waals surface area contributed by atoms with E-state index in [2.05, 4.69) is 29.4 Å². The summed E-state index contributed by atoms with van der Waals surface area (Å²) in [6.45, 7) is 11.2. The number of likely N-dealkylation sites (N-methyl/N-ethyl adjacent to an activating group) is 1. The summed E-state index contributed by atoms with van der Waals surface area (Å²) < 4.78 is 0. The smallest absolute Gasteiger partial charge is 0.251 e. The molecule has 2 atom stereocenters. The minimum atomic E-state index is -0.270. The number of nitrogens with zero attached hydrogens (tertiary/aromatic N) is 1. The maximum Gasteiger partial charge on any atom is 0.251 e. The molecule has 1 aromatic carbocycles. The Labute approximate surface area is 144 Å². The molecular formula is C18H30N4O2. The van der Waals surface area contributed by atoms with Crippen molar-refractivity contribution in [3.8, 4) is 0 Å². The van der Waals surface area contributed by atoms with Gasteiger partial charge in [-0.3, -0.25) is 9.59 Å². The van der Waals surface area contributed by atoms with Gasteiger partial charge in [-0.2, -0.15) is 0 Å². The Hall–Kier alpha value is -1.92. The van der Waals surface area contributed by atoms with Crippen LogP contribution in [0, 0.1) is 5.92 Å². The molecule has 0 aliphatic rings. The van der Waals surface area contributed by atoms with Gasteiger partial charge in [0.2, 0.25) is 5.91 Å². The molecule has 0 fully saturated rings. The van der Waals surface area contributed by atoms with Crippen LogP contribution < -0.4 is 16.4 Å². The van der Waals surface area contributed by atoms with Gasteiger partial charge in [-0.05, 0) is 44.3 Å². The number of amides is 2. The van der Waals surface area contributed by atoms with Crippen LogP contribution in [0.5, 0.6) is 0 Å². The maximum atomic E-state index is 12.1. The van der Waals surface area contributed by atoms with Crippen molar-refractivity contribution in [2.75, 3.05) is 31.5 Å². The van der Waals surface area contributed by atoms with Gasteiger partial charge in [0.15, 0.2) is 0 Å². The fourth-order valence-electron chi connectivity index (χ4n) is 2.17. The molecule has 134 valence electrons. The first kappa shape index (κ1) is 20.1. The van der Waals surface area contributed by atoms with Gasteiger partial charge in [-0.15, -0.1) is 0 Å². The van der Waals surface area contributed by atoms with Crippen molar-refractivity contribution < 1.29 is 9.59 Å². The molecule has 1 rings (SSSR count). The molecule has 4 N–H and O–H groups in total. The molecular weight excluding hydrogens is 304 g/mol. The molecule has 0 saturated heterocycles. The van der Waals surface area contributed by atoms with Crippen LogP contribution in [0.3, 0.4) is 0 Å². The number of hydrogen-bond donors (Lipinski definition) is 3. The second-order valence-corrected chi connectivity index (χ2v) is 6.00. The SMILES string of the molecule is CCN(CC)CCNC(=O)c1ccc(NC(=O)C(C)C(C)N)cc1. The first-order valence-electron chi connectivity index (χ1n) is 8.56. The Morgan fingerprint density at radius 1 is 1.12 bits per heavy atom. The molecule has 1 aromatic rings. The van der Waals surface area contributed by atoms with Crippen LogP contribution in [0.2, 0.25) is 0 Å². The van der Waals surface area contributed by atoms with Gasteiger partial charge in [0.1, 0.15) is 0 Å². The second-order valence-electron chi connectivity index (χ2n) is 6.00. The molecule has 0 spiro atoms. The molecule has 2 amide bonds. The number of carbonyl (C=O) groups is 2. The monoisotopic (exact) mass is 334 g/mol. The quantitative estimate of drug-likeness (QED) is 0.641. The largest absolute Gasteiger partial charge is 0.351 e. The highest BCUT2D eigenvalue weighted by atomic mass is 16.2. The summed E-state index contributed by atoms with van der Waals surface area (Å²) in [6, 6.07) is 6.66. The van der Waals surface area contributed by atoms with E-state index in [0.717, 1.165) is 19.6 Å². The molecule has 2 unspecified atom stereocenters. The van der Waals surface area contributed by atoms with E-state index in [1.165, 1.54) is 0 Å². The van der Waals surface area contributed by atoms with Crippen molar-refractivity contribution in [2.24, 2.45) is 11.7 Å². The van der Waals surface area contributed by atoms with Crippen LogP contribution >= 0.6 is 0 Å². The van der Waals surface area contributed by atoms with Crippen molar-refractivity contribution in [1.82, 2.24) is 10.2 Å². The Kier molecular flexibility index (Phi) is 8.43. The van der Waals surface area contributed by atoms with Gasteiger partial charge < -0.3 is 21.3 Å². The highest BCUT2D eigenvalue weighted by Crippen LogP contribution is 2.12. The van der Waals surface area contributed by atoms with Crippen LogP contribution in [-0.4, -0.2) is 48.9 Å². The van der Waals surface area contributed by atoms with Gasteiger partial charge in [0.25, 0.3) is 5.91 Å². The molecule has 6 nitrogen and oxygen atoms in total. The molecule has 24 heavy (non-hydrogen) atoms. The highest BCUT2D eigenvalue weighted by molar-refractivity contribution is 5.96. The number of nitrogens with two attached hydrogens (primary N) is 1. The molecule has 0 aromatic heterocycles. The zero-order valence-corrected chi connectivity index (χ0v) is 15.1. The average Bonchev–Trinajstić information content (AvgIpc) is 2.58. The standard InChI is InChI=1S/C18H30N4O2/c1-5-22(6-2)12-11-20-18(24)15-7-9-16(10-8-15)21-17(23)13(3)14(4)19/h7-10,13-14H,5-6,11-12,19H2,1-4H3,(H,20,24)(H,21,23). The molecule has 0 radical (unpaired) electrons. The third-order valence-corrected chi connectivity index (χ3v) is 4.22. The summed E-state index contributed by atoms with van der Waals surface area (Å²) in [5.74, 6) is -0.501. The summed E-state index contributed by atoms with van der Waals surface area (Å²) in [5.41, 5.74) is 6.96. The minimum absolute atomic E-state index is 0.107. The van der Waals surface area contributed by atoms with Crippen LogP contribution in [0.4, 0.5) is 5.69 Å². The predicted octanol–water partition coefficient (Wildman–Crippen LogP) is 1.68. The fourth-order valence-corrected chi connectivity index (χ4v) is 2.17. The predicted molar refractivity (Wildman–Crippen MR) is 98.0 cm³/mol. The number of hydrogen-bond acceptors (Lipinski definition) is 4. The van der Waals surface area contributed by atoms with Gasteiger partial charge in [-0.1, -0.05) is 20.8 Å². The fraction of sp³-hybridized carbons (Fsp3) is 0.556. The Bertz CT molecular complexity index is 524. The Balaban J connectivity index is 2.51. The van der Waals surface area contributed by atoms with Crippen molar-refractivity contribution in [1.29, 1.82) is 0 Å². The third-order valence-electron chi connectivity index (χ3n) is 4.22. The van der Waals surface area contributed by atoms with Crippen molar-refractivity contribution in [2.45, 2.75) is 33.7 Å². The van der Waals surface area contributed by atoms with E-state index in [1.807, 2.05) is 0 Å². The number of anilines is 1. The molecule has 0 aliphatic heterocycles. The van der Waals surface area contributed by atoms with E-state index < -0.39 is 0 Å². The Morgan fingerprint density at radius 3 is 2.21 bits per heavy atom.